The maximum atomic E-state index is 15.3. The van der Waals surface area contributed by atoms with Gasteiger partial charge in [-0.3, -0.25) is 19.3 Å². The van der Waals surface area contributed by atoms with Gasteiger partial charge in [-0.25, -0.2) is 0 Å². The van der Waals surface area contributed by atoms with Crippen molar-refractivity contribution in [2.45, 2.75) is 125 Å². The summed E-state index contributed by atoms with van der Waals surface area (Å²) in [6.07, 6.45) is 2.60. The highest BCUT2D eigenvalue weighted by atomic mass is 16.5. The second-order valence-electron chi connectivity index (χ2n) is 25.2. The number of carbonyl (C=O) groups excluding carboxylic acids is 3. The summed E-state index contributed by atoms with van der Waals surface area (Å²) in [5, 5.41) is 15.9. The maximum absolute atomic E-state index is 15.3. The molecule has 396 valence electrons. The monoisotopic (exact) mass is 1040 g/mol. The molecule has 9 nitrogen and oxygen atoms in total. The highest BCUT2D eigenvalue weighted by Crippen LogP contribution is 2.58. The standard InChI is InChI=1S/C69H67NO8/c1-14-15-32-70-64(73)48-35-54(77-44-28-20-40(21-29-44)68(8,9)10)60-58-52(75-42-24-16-38(17-25-42)66(2,3)4)33-46-50(71)37-51(72)47-34-53(76-43-26-18-39(19-27-43)67(5,6)7)59(62(58)56(46)47)61-55(36-49(65(70)74)57(48)63(60)61)78-45-30-22-41(23-31-45)69(11,12)13/h16-31,33-37,71H,14-15,32H2,1-13H3. The Hall–Kier alpha value is -8.17. The van der Waals surface area contributed by atoms with Crippen LogP contribution in [0.15, 0.2) is 127 Å². The van der Waals surface area contributed by atoms with Crippen molar-refractivity contribution in [1.82, 2.24) is 4.90 Å². The molecule has 0 radical (unpaired) electrons. The number of ether oxygens (including phenoxy) is 4. The molecule has 0 saturated heterocycles. The maximum Gasteiger partial charge on any atom is 0.261 e. The Morgan fingerprint density at radius 1 is 0.385 bits per heavy atom. The highest BCUT2D eigenvalue weighted by Gasteiger charge is 2.39. The Bertz CT molecular complexity index is 3820. The van der Waals surface area contributed by atoms with Crippen molar-refractivity contribution in [3.8, 4) is 46.0 Å². The summed E-state index contributed by atoms with van der Waals surface area (Å²) >= 11 is 0. The third-order valence-electron chi connectivity index (χ3n) is 15.5. The first-order valence-corrected chi connectivity index (χ1v) is 27.1. The number of rotatable bonds is 11. The first-order chi connectivity index (χ1) is 36.8. The molecule has 0 unspecified atom stereocenters. The molecular weight excluding hydrogens is 971 g/mol. The molecule has 1 N–H and O–H groups in total. The summed E-state index contributed by atoms with van der Waals surface area (Å²) in [6, 6.07) is 38.7. The van der Waals surface area contributed by atoms with E-state index in [9.17, 15) is 9.90 Å². The van der Waals surface area contributed by atoms with Crippen LogP contribution in [0.4, 0.5) is 0 Å². The smallest absolute Gasteiger partial charge is 0.261 e. The van der Waals surface area contributed by atoms with Crippen LogP contribution in [0.3, 0.4) is 0 Å². The number of imide groups is 1. The SMILES string of the molecule is CCCCN1C(=O)c2cc(Oc3ccc(C(C)(C)C)cc3)c3c4c(Oc5ccc(C(C)(C)C)cc5)cc5c6c(cc(Oc7ccc(C(C)(C)C)cc7)c(c7c(Oc8ccc(C(C)(C)C)cc8)cc(c2c37)C1=O)c64)C(O)=CC5=O. The molecular formula is C69H67NO8. The second-order valence-corrected chi connectivity index (χ2v) is 25.2. The van der Waals surface area contributed by atoms with E-state index in [0.717, 1.165) is 28.7 Å². The molecule has 2 aliphatic rings. The molecule has 1 heterocycles. The van der Waals surface area contributed by atoms with Gasteiger partial charge in [-0.15, -0.1) is 0 Å². The average molecular weight is 1040 g/mol. The molecule has 0 bridgehead atoms. The number of allylic oxidation sites excluding steroid dienone is 1. The van der Waals surface area contributed by atoms with E-state index in [2.05, 4.69) is 83.1 Å². The van der Waals surface area contributed by atoms with E-state index in [-0.39, 0.29) is 45.1 Å². The zero-order valence-corrected chi connectivity index (χ0v) is 47.0. The molecule has 9 aromatic rings. The number of benzene rings is 9. The average Bonchev–Trinajstić information content (AvgIpc) is 2.33. The van der Waals surface area contributed by atoms with Crippen molar-refractivity contribution in [3.05, 3.63) is 172 Å². The molecule has 11 rings (SSSR count). The lowest BCUT2D eigenvalue weighted by Gasteiger charge is -2.31. The van der Waals surface area contributed by atoms with Crippen molar-refractivity contribution < 1.29 is 38.4 Å². The quantitative estimate of drug-likeness (QED) is 0.0775. The summed E-state index contributed by atoms with van der Waals surface area (Å²) in [4.78, 5) is 46.4. The predicted octanol–water partition coefficient (Wildman–Crippen LogP) is 18.6. The van der Waals surface area contributed by atoms with Gasteiger partial charge in [0, 0.05) is 66.8 Å². The minimum absolute atomic E-state index is 0.137. The summed E-state index contributed by atoms with van der Waals surface area (Å²) in [7, 11) is 0. The molecule has 78 heavy (non-hydrogen) atoms. The van der Waals surface area contributed by atoms with Crippen LogP contribution in [0.1, 0.15) is 162 Å². The molecule has 0 aromatic heterocycles. The molecule has 2 amide bonds. The summed E-state index contributed by atoms with van der Waals surface area (Å²) in [6.45, 7) is 28.1. The van der Waals surface area contributed by atoms with E-state index < -0.39 is 17.6 Å². The number of unbranched alkanes of at least 4 members (excludes halogenated alkanes) is 1. The number of aliphatic hydroxyl groups excluding tert-OH is 1. The number of amides is 2. The normalized spacial score (nSPS) is 14.0. The van der Waals surface area contributed by atoms with Crippen LogP contribution >= 0.6 is 0 Å². The topological polar surface area (TPSA) is 112 Å². The molecule has 9 heteroatoms. The van der Waals surface area contributed by atoms with Crippen LogP contribution in [-0.4, -0.2) is 34.1 Å². The largest absolute Gasteiger partial charge is 0.507 e. The lowest BCUT2D eigenvalue weighted by Crippen LogP contribution is -2.41. The zero-order valence-electron chi connectivity index (χ0n) is 47.0. The van der Waals surface area contributed by atoms with E-state index in [4.69, 9.17) is 18.9 Å². The van der Waals surface area contributed by atoms with Crippen molar-refractivity contribution in [3.63, 3.8) is 0 Å². The van der Waals surface area contributed by atoms with E-state index in [1.54, 1.807) is 24.3 Å². The van der Waals surface area contributed by atoms with Gasteiger partial charge in [0.2, 0.25) is 0 Å². The first kappa shape index (κ1) is 51.9. The van der Waals surface area contributed by atoms with Gasteiger partial charge < -0.3 is 24.1 Å². The lowest BCUT2D eigenvalue weighted by molar-refractivity contribution is 0.0607. The number of aliphatic hydroxyl groups is 1. The van der Waals surface area contributed by atoms with Crippen molar-refractivity contribution in [2.75, 3.05) is 6.54 Å². The Kier molecular flexibility index (Phi) is 12.3. The first-order valence-electron chi connectivity index (χ1n) is 27.1. The molecule has 0 atom stereocenters. The van der Waals surface area contributed by atoms with Gasteiger partial charge in [-0.05, 0) is 123 Å². The highest BCUT2D eigenvalue weighted by molar-refractivity contribution is 6.44. The Morgan fingerprint density at radius 2 is 0.667 bits per heavy atom. The number of hydrogen-bond donors (Lipinski definition) is 1. The van der Waals surface area contributed by atoms with Gasteiger partial charge in [0.15, 0.2) is 5.78 Å². The molecule has 9 aromatic carbocycles. The van der Waals surface area contributed by atoms with Gasteiger partial charge in [-0.1, -0.05) is 145 Å². The second kappa shape index (κ2) is 18.5. The van der Waals surface area contributed by atoms with E-state index in [1.807, 2.05) is 104 Å². The fourth-order valence-electron chi connectivity index (χ4n) is 11.0. The van der Waals surface area contributed by atoms with E-state index in [1.165, 1.54) is 11.0 Å². The van der Waals surface area contributed by atoms with E-state index in [0.29, 0.717) is 107 Å². The number of carbonyl (C=O) groups is 3. The minimum atomic E-state index is -0.444. The van der Waals surface area contributed by atoms with Crippen LogP contribution in [0.2, 0.25) is 0 Å². The zero-order chi connectivity index (χ0) is 55.5. The summed E-state index contributed by atoms with van der Waals surface area (Å²) in [5.74, 6) is 1.75. The molecule has 0 saturated carbocycles. The van der Waals surface area contributed by atoms with Crippen LogP contribution in [0.5, 0.6) is 46.0 Å². The molecule has 0 fully saturated rings. The minimum Gasteiger partial charge on any atom is -0.507 e. The number of nitrogens with zero attached hydrogens (tertiary/aromatic N) is 1. The van der Waals surface area contributed by atoms with Gasteiger partial charge in [0.25, 0.3) is 11.8 Å². The van der Waals surface area contributed by atoms with Gasteiger partial charge in [0.1, 0.15) is 51.8 Å². The van der Waals surface area contributed by atoms with Crippen molar-refractivity contribution >= 4 is 66.4 Å². The molecule has 1 aliphatic heterocycles. The van der Waals surface area contributed by atoms with Crippen LogP contribution < -0.4 is 18.9 Å². The van der Waals surface area contributed by atoms with Crippen LogP contribution in [-0.2, 0) is 21.7 Å². The number of ketones is 1. The van der Waals surface area contributed by atoms with Crippen molar-refractivity contribution in [2.24, 2.45) is 0 Å². The molecule has 1 aliphatic carbocycles. The number of fused-ring (bicyclic) bond motifs is 2. The predicted molar refractivity (Wildman–Crippen MR) is 314 cm³/mol. The Balaban J connectivity index is 1.34. The summed E-state index contributed by atoms with van der Waals surface area (Å²) < 4.78 is 28.6. The molecule has 0 spiro atoms. The third kappa shape index (κ3) is 8.96. The lowest BCUT2D eigenvalue weighted by atomic mass is 9.80. The summed E-state index contributed by atoms with van der Waals surface area (Å²) in [5.41, 5.74) is 5.11. The van der Waals surface area contributed by atoms with Gasteiger partial charge >= 0.3 is 0 Å². The van der Waals surface area contributed by atoms with Gasteiger partial charge in [-0.2, -0.15) is 0 Å². The Morgan fingerprint density at radius 3 is 0.962 bits per heavy atom. The van der Waals surface area contributed by atoms with Crippen molar-refractivity contribution in [1.29, 1.82) is 0 Å². The number of hydrogen-bond acceptors (Lipinski definition) is 8. The Labute approximate surface area is 456 Å². The van der Waals surface area contributed by atoms with Crippen LogP contribution in [0.25, 0.3) is 48.8 Å². The van der Waals surface area contributed by atoms with Crippen LogP contribution in [0, 0.1) is 0 Å². The fourth-order valence-corrected chi connectivity index (χ4v) is 11.0. The third-order valence-corrected chi connectivity index (χ3v) is 15.5. The fraction of sp³-hybridized carbons (Fsp3) is 0.290. The van der Waals surface area contributed by atoms with Gasteiger partial charge in [0.05, 0.1) is 11.1 Å². The van der Waals surface area contributed by atoms with E-state index >= 15 is 9.59 Å².